The summed E-state index contributed by atoms with van der Waals surface area (Å²) in [5, 5.41) is 0. The Morgan fingerprint density at radius 1 is 0.857 bits per heavy atom. The topological polar surface area (TPSA) is 143 Å². The Kier molecular flexibility index (Phi) is 7.57. The second-order valence-electron chi connectivity index (χ2n) is 6.41. The molecule has 0 saturated carbocycles. The number of esters is 3. The second-order valence-corrected chi connectivity index (χ2v) is 6.41. The van der Waals surface area contributed by atoms with E-state index in [-0.39, 0.29) is 4.57 Å². The molecule has 0 spiro atoms. The molecule has 35 heavy (non-hydrogen) atoms. The number of hydrogen-bond donors (Lipinski definition) is 1. The van der Waals surface area contributed by atoms with Crippen molar-refractivity contribution >= 4 is 17.9 Å². The van der Waals surface area contributed by atoms with E-state index < -0.39 is 78.8 Å². The Morgan fingerprint density at radius 3 is 1.80 bits per heavy atom. The van der Waals surface area contributed by atoms with Crippen LogP contribution < -0.4 is 11.2 Å². The van der Waals surface area contributed by atoms with E-state index in [0.29, 0.717) is 12.3 Å². The minimum atomic E-state index is -5.81. The minimum absolute atomic E-state index is 0.162. The number of carbonyl (C=O) groups is 3. The molecule has 1 N–H and O–H groups in total. The van der Waals surface area contributed by atoms with Crippen LogP contribution in [0.2, 0.25) is 0 Å². The van der Waals surface area contributed by atoms with Gasteiger partial charge in [0, 0.05) is 12.3 Å². The molecule has 1 aromatic heterocycles. The first kappa shape index (κ1) is 27.7. The second kappa shape index (κ2) is 9.58. The van der Waals surface area contributed by atoms with Crippen LogP contribution in [0, 0.1) is 0 Å². The molecule has 4 unspecified atom stereocenters. The quantitative estimate of drug-likeness (QED) is 0.326. The highest BCUT2D eigenvalue weighted by Crippen LogP contribution is 2.36. The Bertz CT molecular complexity index is 1090. The monoisotopic (exact) mass is 532 g/mol. The lowest BCUT2D eigenvalue weighted by atomic mass is 10.1. The van der Waals surface area contributed by atoms with Crippen LogP contribution in [0.3, 0.4) is 0 Å². The van der Waals surface area contributed by atoms with Gasteiger partial charge in [0.05, 0.1) is 0 Å². The molecule has 1 aliphatic rings. The molecular weight excluding hydrogens is 523 g/mol. The summed E-state index contributed by atoms with van der Waals surface area (Å²) in [6.45, 7) is -1.69. The molecule has 0 aromatic carbocycles. The number of hydrogen-bond acceptors (Lipinski definition) is 9. The number of ether oxygens (including phenoxy) is 4. The molecule has 196 valence electrons. The van der Waals surface area contributed by atoms with Crippen LogP contribution in [0.25, 0.3) is 0 Å². The summed E-state index contributed by atoms with van der Waals surface area (Å²) in [4.78, 5) is 58.3. The van der Waals surface area contributed by atoms with Crippen molar-refractivity contribution in [3.63, 3.8) is 0 Å². The molecule has 2 heterocycles. The third kappa shape index (κ3) is 6.73. The number of halogens is 9. The third-order valence-electron chi connectivity index (χ3n) is 3.97. The first-order valence-corrected chi connectivity index (χ1v) is 8.59. The SMILES string of the molecule is O=C(OCC1OC(n2ccc(=O)[nH]c2=O)C(OC(=O)C(F)(F)F)C1OC(=O)C(F)(F)F)C(F)(F)F. The van der Waals surface area contributed by atoms with E-state index in [1.807, 2.05) is 0 Å². The van der Waals surface area contributed by atoms with E-state index in [2.05, 4.69) is 14.2 Å². The van der Waals surface area contributed by atoms with Gasteiger partial charge >= 0.3 is 42.1 Å². The lowest BCUT2D eigenvalue weighted by Gasteiger charge is -2.25. The number of H-pyrrole nitrogens is 1. The maximum absolute atomic E-state index is 12.7. The Hall–Kier alpha value is -3.58. The van der Waals surface area contributed by atoms with E-state index in [0.717, 1.165) is 0 Å². The highest BCUT2D eigenvalue weighted by atomic mass is 19.4. The van der Waals surface area contributed by atoms with Crippen LogP contribution in [0.15, 0.2) is 21.9 Å². The number of carbonyl (C=O) groups excluding carboxylic acids is 3. The normalized spacial score (nSPS) is 23.0. The van der Waals surface area contributed by atoms with Gasteiger partial charge in [-0.25, -0.2) is 19.2 Å². The van der Waals surface area contributed by atoms with Crippen LogP contribution in [0.1, 0.15) is 6.23 Å². The van der Waals surface area contributed by atoms with Crippen molar-refractivity contribution < 1.29 is 72.8 Å². The molecule has 1 aliphatic heterocycles. The molecule has 1 aromatic rings. The molecule has 0 bridgehead atoms. The van der Waals surface area contributed by atoms with Crippen LogP contribution in [0.5, 0.6) is 0 Å². The summed E-state index contributed by atoms with van der Waals surface area (Å²) in [7, 11) is 0. The highest BCUT2D eigenvalue weighted by molar-refractivity contribution is 5.77. The number of rotatable bonds is 5. The standard InChI is InChI=1S/C15H9F9N2O9/c16-13(17,18)9(28)32-3-4-6(34-10(29)14(19,20)21)7(35-11(30)15(22,23)24)8(33-4)26-2-1-5(27)25-12(26)31/h1-2,4,6-8H,3H2,(H,25,27,31). The van der Waals surface area contributed by atoms with Crippen LogP contribution in [-0.4, -0.2) is 70.9 Å². The number of alkyl halides is 9. The van der Waals surface area contributed by atoms with Crippen molar-refractivity contribution in [1.29, 1.82) is 0 Å². The van der Waals surface area contributed by atoms with Gasteiger partial charge in [0.2, 0.25) is 0 Å². The fourth-order valence-electron chi connectivity index (χ4n) is 2.58. The Balaban J connectivity index is 2.53. The molecule has 1 saturated heterocycles. The smallest absolute Gasteiger partial charge is 0.456 e. The van der Waals surface area contributed by atoms with Gasteiger partial charge in [0.25, 0.3) is 5.56 Å². The zero-order chi connectivity index (χ0) is 26.9. The van der Waals surface area contributed by atoms with Crippen LogP contribution >= 0.6 is 0 Å². The summed E-state index contributed by atoms with van der Waals surface area (Å²) in [5.41, 5.74) is -2.58. The van der Waals surface area contributed by atoms with E-state index >= 15 is 0 Å². The van der Waals surface area contributed by atoms with E-state index in [4.69, 9.17) is 4.74 Å². The average molecular weight is 532 g/mol. The minimum Gasteiger partial charge on any atom is -0.456 e. The van der Waals surface area contributed by atoms with E-state index in [1.165, 1.54) is 0 Å². The van der Waals surface area contributed by atoms with Gasteiger partial charge in [-0.3, -0.25) is 14.3 Å². The Morgan fingerprint density at radius 2 is 1.34 bits per heavy atom. The average Bonchev–Trinajstić information content (AvgIpc) is 3.00. The molecule has 0 aliphatic carbocycles. The maximum Gasteiger partial charge on any atom is 0.490 e. The summed E-state index contributed by atoms with van der Waals surface area (Å²) < 4.78 is 130. The molecule has 20 heteroatoms. The number of aromatic nitrogens is 2. The summed E-state index contributed by atoms with van der Waals surface area (Å²) >= 11 is 0. The zero-order valence-electron chi connectivity index (χ0n) is 16.2. The van der Waals surface area contributed by atoms with E-state index in [9.17, 15) is 63.5 Å². The molecule has 11 nitrogen and oxygen atoms in total. The molecule has 0 radical (unpaired) electrons. The van der Waals surface area contributed by atoms with Crippen molar-refractivity contribution in [2.24, 2.45) is 0 Å². The number of nitrogens with zero attached hydrogens (tertiary/aromatic N) is 1. The van der Waals surface area contributed by atoms with Crippen molar-refractivity contribution in [1.82, 2.24) is 9.55 Å². The van der Waals surface area contributed by atoms with Gasteiger partial charge < -0.3 is 18.9 Å². The summed E-state index contributed by atoms with van der Waals surface area (Å²) in [6, 6.07) is 0.557. The molecule has 2 rings (SSSR count). The number of nitrogens with one attached hydrogen (secondary N) is 1. The summed E-state index contributed by atoms with van der Waals surface area (Å²) in [6.07, 6.45) is -27.1. The molecular formula is C15H9F9N2O9. The first-order chi connectivity index (χ1) is 15.8. The van der Waals surface area contributed by atoms with Gasteiger partial charge in [-0.2, -0.15) is 39.5 Å². The molecule has 0 amide bonds. The van der Waals surface area contributed by atoms with Crippen molar-refractivity contribution in [3.8, 4) is 0 Å². The molecule has 1 fully saturated rings. The zero-order valence-corrected chi connectivity index (χ0v) is 16.2. The Labute approximate surface area is 184 Å². The maximum atomic E-state index is 12.7. The van der Waals surface area contributed by atoms with Gasteiger partial charge in [-0.15, -0.1) is 0 Å². The van der Waals surface area contributed by atoms with Gasteiger partial charge in [-0.05, 0) is 0 Å². The number of aromatic amines is 1. The van der Waals surface area contributed by atoms with Gasteiger partial charge in [0.15, 0.2) is 18.4 Å². The van der Waals surface area contributed by atoms with Gasteiger partial charge in [-0.1, -0.05) is 0 Å². The lowest BCUT2D eigenvalue weighted by molar-refractivity contribution is -0.222. The fourth-order valence-corrected chi connectivity index (χ4v) is 2.58. The van der Waals surface area contributed by atoms with Gasteiger partial charge in [0.1, 0.15) is 12.7 Å². The fraction of sp³-hybridized carbons (Fsp3) is 0.533. The highest BCUT2D eigenvalue weighted by Gasteiger charge is 2.56. The molecule has 4 atom stereocenters. The lowest BCUT2D eigenvalue weighted by Crippen LogP contribution is -2.46. The van der Waals surface area contributed by atoms with Crippen molar-refractivity contribution in [2.75, 3.05) is 6.61 Å². The van der Waals surface area contributed by atoms with Crippen LogP contribution in [-0.2, 0) is 33.3 Å². The predicted octanol–water partition coefficient (Wildman–Crippen LogP) is 0.488. The van der Waals surface area contributed by atoms with E-state index in [1.54, 1.807) is 4.98 Å². The largest absolute Gasteiger partial charge is 0.490 e. The predicted molar refractivity (Wildman–Crippen MR) is 84.1 cm³/mol. The first-order valence-electron chi connectivity index (χ1n) is 8.59. The van der Waals surface area contributed by atoms with Crippen molar-refractivity contribution in [3.05, 3.63) is 33.1 Å². The van der Waals surface area contributed by atoms with Crippen molar-refractivity contribution in [2.45, 2.75) is 43.1 Å². The third-order valence-corrected chi connectivity index (χ3v) is 3.97. The summed E-state index contributed by atoms with van der Waals surface area (Å²) in [5.74, 6) is -9.12. The van der Waals surface area contributed by atoms with Crippen LogP contribution in [0.4, 0.5) is 39.5 Å².